The molecule has 0 aliphatic carbocycles. The second-order valence-electron chi connectivity index (χ2n) is 5.89. The molecule has 1 aliphatic heterocycles. The number of amides is 3. The van der Waals surface area contributed by atoms with Crippen molar-refractivity contribution in [1.29, 1.82) is 0 Å². The van der Waals surface area contributed by atoms with E-state index in [-0.39, 0.29) is 12.3 Å². The Hall–Kier alpha value is -3.24. The molecule has 3 aromatic heterocycles. The topological polar surface area (TPSA) is 121 Å². The number of hydrogen-bond donors (Lipinski definition) is 4. The fourth-order valence-electron chi connectivity index (χ4n) is 2.73. The number of carbonyl (C=O) groups excluding carboxylic acids is 2. The normalized spacial score (nSPS) is 15.4. The van der Waals surface area contributed by atoms with Gasteiger partial charge in [-0.15, -0.1) is 11.3 Å². The van der Waals surface area contributed by atoms with Crippen LogP contribution in [0.1, 0.15) is 10.4 Å². The lowest BCUT2D eigenvalue weighted by molar-refractivity contribution is -0.115. The van der Waals surface area contributed by atoms with Crippen molar-refractivity contribution in [3.05, 3.63) is 40.5 Å². The zero-order chi connectivity index (χ0) is 19.0. The van der Waals surface area contributed by atoms with Gasteiger partial charge in [-0.25, -0.2) is 9.78 Å². The highest BCUT2D eigenvalue weighted by atomic mass is 32.1. The zero-order valence-corrected chi connectivity index (χ0v) is 15.1. The minimum Gasteiger partial charge on any atom is -0.395 e. The predicted molar refractivity (Wildman–Crippen MR) is 101 cm³/mol. The summed E-state index contributed by atoms with van der Waals surface area (Å²) in [5.41, 5.74) is 2.00. The summed E-state index contributed by atoms with van der Waals surface area (Å²) in [5.74, 6) is 0.169. The second kappa shape index (κ2) is 6.82. The van der Waals surface area contributed by atoms with Crippen LogP contribution in [0.25, 0.3) is 22.3 Å². The predicted octanol–water partition coefficient (Wildman–Crippen LogP) is 1.35. The maximum atomic E-state index is 11.8. The van der Waals surface area contributed by atoms with Gasteiger partial charge in [0.15, 0.2) is 5.65 Å². The zero-order valence-electron chi connectivity index (χ0n) is 14.3. The van der Waals surface area contributed by atoms with Crippen LogP contribution in [-0.2, 0) is 4.79 Å². The van der Waals surface area contributed by atoms with Crippen LogP contribution < -0.4 is 16.0 Å². The highest BCUT2D eigenvalue weighted by molar-refractivity contribution is 7.15. The van der Waals surface area contributed by atoms with Gasteiger partial charge < -0.3 is 15.7 Å². The molecular formula is C17H16N6O3S. The minimum absolute atomic E-state index is 0.0262. The Labute approximate surface area is 157 Å². The largest absolute Gasteiger partial charge is 0.395 e. The molecule has 0 radical (unpaired) electrons. The molecule has 4 heterocycles. The molecule has 0 bridgehead atoms. The van der Waals surface area contributed by atoms with Crippen LogP contribution in [-0.4, -0.2) is 44.8 Å². The molecule has 3 aromatic rings. The lowest BCUT2D eigenvalue weighted by Gasteiger charge is -2.09. The molecule has 0 saturated carbocycles. The maximum absolute atomic E-state index is 11.8. The summed E-state index contributed by atoms with van der Waals surface area (Å²) in [7, 11) is 0. The number of fused-ring (bicyclic) bond motifs is 1. The van der Waals surface area contributed by atoms with Crippen LogP contribution in [0.2, 0.25) is 0 Å². The number of anilines is 1. The lowest BCUT2D eigenvalue weighted by Crippen LogP contribution is -2.22. The van der Waals surface area contributed by atoms with Crippen molar-refractivity contribution in [1.82, 2.24) is 25.2 Å². The third-order valence-electron chi connectivity index (χ3n) is 3.93. The molecule has 1 fully saturated rings. The van der Waals surface area contributed by atoms with E-state index < -0.39 is 11.9 Å². The molecule has 27 heavy (non-hydrogen) atoms. The Morgan fingerprint density at radius 2 is 2.19 bits per heavy atom. The monoisotopic (exact) mass is 384 g/mol. The molecule has 10 heteroatoms. The highest BCUT2D eigenvalue weighted by Crippen LogP contribution is 2.29. The fraction of sp³-hybridized carbons (Fsp3) is 0.176. The number of aliphatic hydroxyl groups is 1. The van der Waals surface area contributed by atoms with Crippen LogP contribution in [0, 0.1) is 6.92 Å². The first-order valence-corrected chi connectivity index (χ1v) is 9.01. The van der Waals surface area contributed by atoms with Gasteiger partial charge in [0, 0.05) is 23.1 Å². The first-order chi connectivity index (χ1) is 13.0. The van der Waals surface area contributed by atoms with E-state index in [1.54, 1.807) is 22.0 Å². The molecule has 1 aliphatic rings. The van der Waals surface area contributed by atoms with E-state index >= 15 is 0 Å². The van der Waals surface area contributed by atoms with E-state index in [1.807, 2.05) is 25.1 Å². The van der Waals surface area contributed by atoms with Crippen LogP contribution in [0.5, 0.6) is 0 Å². The van der Waals surface area contributed by atoms with Crippen molar-refractivity contribution in [3.63, 3.8) is 0 Å². The number of nitrogens with one attached hydrogen (secondary N) is 3. The van der Waals surface area contributed by atoms with Crippen LogP contribution in [0.3, 0.4) is 0 Å². The number of aliphatic hydroxyl groups excluding tert-OH is 1. The molecule has 1 saturated heterocycles. The molecule has 0 unspecified atom stereocenters. The smallest absolute Gasteiger partial charge is 0.326 e. The summed E-state index contributed by atoms with van der Waals surface area (Å²) in [4.78, 5) is 30.0. The summed E-state index contributed by atoms with van der Waals surface area (Å²) in [6.45, 7) is 2.35. The van der Waals surface area contributed by atoms with E-state index in [9.17, 15) is 9.59 Å². The Kier molecular flexibility index (Phi) is 4.34. The Bertz CT molecular complexity index is 1080. The number of carbonyl (C=O) groups is 2. The molecule has 0 atom stereocenters. The van der Waals surface area contributed by atoms with Gasteiger partial charge in [-0.3, -0.25) is 10.1 Å². The van der Waals surface area contributed by atoms with Crippen molar-refractivity contribution in [2.24, 2.45) is 0 Å². The second-order valence-corrected chi connectivity index (χ2v) is 7.18. The molecule has 0 spiro atoms. The van der Waals surface area contributed by atoms with Crippen LogP contribution in [0.4, 0.5) is 10.6 Å². The molecule has 138 valence electrons. The number of hydrogen-bond acceptors (Lipinski definition) is 7. The summed E-state index contributed by atoms with van der Waals surface area (Å²) in [6.07, 6.45) is 3.11. The molecule has 0 aromatic carbocycles. The Morgan fingerprint density at radius 1 is 1.33 bits per heavy atom. The standard InChI is InChI=1S/C17H16N6O3S/c1-9-2-3-13(27-9)11-7-14(18-4-5-24)23-15(20-11)10(8-19-23)6-12-16(25)22-17(26)21-12/h2-3,6-8,18,24H,4-5H2,1H3,(H2,21,22,25,26)/b12-6-. The summed E-state index contributed by atoms with van der Waals surface area (Å²) in [5, 5.41) is 21.2. The van der Waals surface area contributed by atoms with Crippen molar-refractivity contribution in [2.75, 3.05) is 18.5 Å². The van der Waals surface area contributed by atoms with E-state index in [4.69, 9.17) is 10.1 Å². The number of thiophene rings is 1. The average Bonchev–Trinajstić information content (AvgIpc) is 3.33. The summed E-state index contributed by atoms with van der Waals surface area (Å²) in [6, 6.07) is 5.32. The van der Waals surface area contributed by atoms with Gasteiger partial charge in [-0.1, -0.05) is 0 Å². The first-order valence-electron chi connectivity index (χ1n) is 8.19. The Balaban J connectivity index is 1.85. The van der Waals surface area contributed by atoms with Gasteiger partial charge >= 0.3 is 6.03 Å². The number of imide groups is 1. The van der Waals surface area contributed by atoms with E-state index in [0.29, 0.717) is 23.6 Å². The maximum Gasteiger partial charge on any atom is 0.326 e. The highest BCUT2D eigenvalue weighted by Gasteiger charge is 2.23. The van der Waals surface area contributed by atoms with Crippen molar-refractivity contribution in [2.45, 2.75) is 6.92 Å². The van der Waals surface area contributed by atoms with Gasteiger partial charge in [0.25, 0.3) is 5.91 Å². The van der Waals surface area contributed by atoms with Gasteiger partial charge in [-0.05, 0) is 25.1 Å². The number of aromatic nitrogens is 3. The van der Waals surface area contributed by atoms with E-state index in [1.165, 1.54) is 6.08 Å². The molecule has 4 N–H and O–H groups in total. The van der Waals surface area contributed by atoms with E-state index in [2.05, 4.69) is 21.0 Å². The van der Waals surface area contributed by atoms with Gasteiger partial charge in [0.05, 0.1) is 23.4 Å². The fourth-order valence-corrected chi connectivity index (χ4v) is 3.56. The number of urea groups is 1. The van der Waals surface area contributed by atoms with E-state index in [0.717, 1.165) is 15.4 Å². The van der Waals surface area contributed by atoms with Gasteiger partial charge in [0.1, 0.15) is 11.5 Å². The van der Waals surface area contributed by atoms with Gasteiger partial charge in [-0.2, -0.15) is 9.61 Å². The first kappa shape index (κ1) is 17.2. The van der Waals surface area contributed by atoms with Crippen molar-refractivity contribution in [3.8, 4) is 10.6 Å². The molecule has 4 rings (SSSR count). The number of nitrogens with zero attached hydrogens (tertiary/aromatic N) is 3. The Morgan fingerprint density at radius 3 is 2.85 bits per heavy atom. The SMILES string of the molecule is Cc1ccc(-c2cc(NCCO)n3ncc(/C=C4\NC(=O)NC4=O)c3n2)s1. The number of rotatable bonds is 5. The molecule has 9 nitrogen and oxygen atoms in total. The quantitative estimate of drug-likeness (QED) is 0.389. The van der Waals surface area contributed by atoms with Crippen LogP contribution >= 0.6 is 11.3 Å². The van der Waals surface area contributed by atoms with Crippen molar-refractivity contribution < 1.29 is 14.7 Å². The number of aryl methyl sites for hydroxylation is 1. The van der Waals surface area contributed by atoms with Gasteiger partial charge in [0.2, 0.25) is 0 Å². The molecule has 3 amide bonds. The summed E-state index contributed by atoms with van der Waals surface area (Å²) >= 11 is 1.62. The third kappa shape index (κ3) is 3.27. The minimum atomic E-state index is -0.560. The third-order valence-corrected chi connectivity index (χ3v) is 4.95. The average molecular weight is 384 g/mol. The molecular weight excluding hydrogens is 368 g/mol. The van der Waals surface area contributed by atoms with Crippen molar-refractivity contribution >= 4 is 40.8 Å². The van der Waals surface area contributed by atoms with Crippen LogP contribution in [0.15, 0.2) is 30.1 Å². The lowest BCUT2D eigenvalue weighted by atomic mass is 10.2. The summed E-state index contributed by atoms with van der Waals surface area (Å²) < 4.78 is 1.60.